The van der Waals surface area contributed by atoms with Crippen LogP contribution < -0.4 is 0 Å². The Balaban J connectivity index is 1.70. The Labute approximate surface area is 163 Å². The molecule has 1 atom stereocenters. The van der Waals surface area contributed by atoms with E-state index in [0.29, 0.717) is 12.3 Å². The van der Waals surface area contributed by atoms with Gasteiger partial charge in [0, 0.05) is 24.3 Å². The average molecular weight is 390 g/mol. The van der Waals surface area contributed by atoms with Crippen LogP contribution in [0.4, 0.5) is 0 Å². The van der Waals surface area contributed by atoms with Crippen LogP contribution in [0.2, 0.25) is 0 Å². The molecule has 27 heavy (non-hydrogen) atoms. The van der Waals surface area contributed by atoms with E-state index < -0.39 is 9.84 Å². The van der Waals surface area contributed by atoms with Gasteiger partial charge < -0.3 is 0 Å². The summed E-state index contributed by atoms with van der Waals surface area (Å²) in [6.45, 7) is 10.2. The zero-order chi connectivity index (χ0) is 19.8. The van der Waals surface area contributed by atoms with Crippen molar-refractivity contribution in [3.8, 4) is 0 Å². The van der Waals surface area contributed by atoms with Crippen LogP contribution >= 0.6 is 0 Å². The maximum Gasteiger partial charge on any atom is 0.152 e. The van der Waals surface area contributed by atoms with Gasteiger partial charge in [-0.2, -0.15) is 5.10 Å². The van der Waals surface area contributed by atoms with Crippen LogP contribution in [0.5, 0.6) is 0 Å². The third-order valence-corrected chi connectivity index (χ3v) is 7.31. The Hall–Kier alpha value is -1.66. The molecule has 1 aliphatic rings. The van der Waals surface area contributed by atoms with Crippen LogP contribution in [0.1, 0.15) is 60.3 Å². The lowest BCUT2D eigenvalue weighted by molar-refractivity contribution is 0.317. The minimum atomic E-state index is -2.91. The maximum atomic E-state index is 11.8. The van der Waals surface area contributed by atoms with Crippen molar-refractivity contribution in [3.63, 3.8) is 0 Å². The molecule has 1 saturated heterocycles. The Bertz CT molecular complexity index is 898. The second-order valence-electron chi connectivity index (χ2n) is 8.22. The molecular weight excluding hydrogens is 358 g/mol. The standard InChI is InChI=1S/C21H31N3O2S/c1-15(2)19-8-6-18(7-9-19)12-23(5)13-21-16(3)22-24(17(21)4)20-10-11-27(25,26)14-20/h6-9,15,20H,10-14H2,1-5H3/t20-/m0/s1. The quantitative estimate of drug-likeness (QED) is 0.757. The van der Waals surface area contributed by atoms with Crippen molar-refractivity contribution in [1.82, 2.24) is 14.7 Å². The van der Waals surface area contributed by atoms with Crippen LogP contribution in [-0.4, -0.2) is 41.7 Å². The molecule has 1 aliphatic heterocycles. The highest BCUT2D eigenvalue weighted by atomic mass is 32.2. The molecule has 148 valence electrons. The number of aromatic nitrogens is 2. The summed E-state index contributed by atoms with van der Waals surface area (Å²) in [7, 11) is -0.791. The van der Waals surface area contributed by atoms with Gasteiger partial charge >= 0.3 is 0 Å². The van der Waals surface area contributed by atoms with Crippen LogP contribution in [0.3, 0.4) is 0 Å². The molecule has 6 heteroatoms. The molecular formula is C21H31N3O2S. The topological polar surface area (TPSA) is 55.2 Å². The number of hydrogen-bond donors (Lipinski definition) is 0. The molecule has 0 N–H and O–H groups in total. The second kappa shape index (κ2) is 7.76. The first-order valence-corrected chi connectivity index (χ1v) is 11.5. The summed E-state index contributed by atoms with van der Waals surface area (Å²) in [5.74, 6) is 1.04. The number of rotatable bonds is 6. The molecule has 0 bridgehead atoms. The molecule has 0 unspecified atom stereocenters. The average Bonchev–Trinajstić information content (AvgIpc) is 3.09. The van der Waals surface area contributed by atoms with Gasteiger partial charge in [-0.1, -0.05) is 38.1 Å². The van der Waals surface area contributed by atoms with E-state index >= 15 is 0 Å². The summed E-state index contributed by atoms with van der Waals surface area (Å²) in [5, 5.41) is 4.67. The van der Waals surface area contributed by atoms with Crippen molar-refractivity contribution < 1.29 is 8.42 Å². The maximum absolute atomic E-state index is 11.8. The van der Waals surface area contributed by atoms with Crippen molar-refractivity contribution in [1.29, 1.82) is 0 Å². The van der Waals surface area contributed by atoms with Crippen molar-refractivity contribution in [2.45, 2.75) is 59.2 Å². The van der Waals surface area contributed by atoms with Gasteiger partial charge in [-0.25, -0.2) is 8.42 Å². The number of hydrogen-bond acceptors (Lipinski definition) is 4. The Kier molecular flexibility index (Phi) is 5.77. The van der Waals surface area contributed by atoms with Gasteiger partial charge in [0.25, 0.3) is 0 Å². The lowest BCUT2D eigenvalue weighted by Crippen LogP contribution is -2.19. The zero-order valence-corrected chi connectivity index (χ0v) is 17.9. The van der Waals surface area contributed by atoms with Gasteiger partial charge in [-0.3, -0.25) is 9.58 Å². The third kappa shape index (κ3) is 4.61. The zero-order valence-electron chi connectivity index (χ0n) is 17.1. The number of benzene rings is 1. The molecule has 0 spiro atoms. The highest BCUT2D eigenvalue weighted by molar-refractivity contribution is 7.91. The van der Waals surface area contributed by atoms with Crippen LogP contribution in [0.15, 0.2) is 24.3 Å². The molecule has 0 radical (unpaired) electrons. The molecule has 0 saturated carbocycles. The van der Waals surface area contributed by atoms with Gasteiger partial charge in [-0.15, -0.1) is 0 Å². The summed E-state index contributed by atoms with van der Waals surface area (Å²) < 4.78 is 25.6. The number of aryl methyl sites for hydroxylation is 1. The van der Waals surface area contributed by atoms with E-state index in [1.165, 1.54) is 16.7 Å². The second-order valence-corrected chi connectivity index (χ2v) is 10.4. The largest absolute Gasteiger partial charge is 0.298 e. The highest BCUT2D eigenvalue weighted by Crippen LogP contribution is 2.27. The molecule has 1 aromatic heterocycles. The lowest BCUT2D eigenvalue weighted by Gasteiger charge is -2.18. The normalized spacial score (nSPS) is 19.3. The number of nitrogens with zero attached hydrogens (tertiary/aromatic N) is 3. The van der Waals surface area contributed by atoms with Gasteiger partial charge in [0.05, 0.1) is 23.2 Å². The predicted octanol–water partition coefficient (Wildman–Crippen LogP) is 3.61. The van der Waals surface area contributed by atoms with Gasteiger partial charge in [0.15, 0.2) is 9.84 Å². The van der Waals surface area contributed by atoms with E-state index in [-0.39, 0.29) is 17.5 Å². The van der Waals surface area contributed by atoms with Crippen LogP contribution in [0.25, 0.3) is 0 Å². The fraction of sp³-hybridized carbons (Fsp3) is 0.571. The summed E-state index contributed by atoms with van der Waals surface area (Å²) in [6.07, 6.45) is 0.668. The first-order valence-electron chi connectivity index (χ1n) is 9.68. The van der Waals surface area contributed by atoms with E-state index in [4.69, 9.17) is 0 Å². The molecule has 5 nitrogen and oxygen atoms in total. The van der Waals surface area contributed by atoms with Gasteiger partial charge in [0.1, 0.15) is 0 Å². The minimum absolute atomic E-state index is 0.0173. The smallest absolute Gasteiger partial charge is 0.152 e. The van der Waals surface area contributed by atoms with E-state index in [2.05, 4.69) is 62.1 Å². The van der Waals surface area contributed by atoms with E-state index in [0.717, 1.165) is 24.5 Å². The van der Waals surface area contributed by atoms with Gasteiger partial charge in [-0.05, 0) is 44.4 Å². The van der Waals surface area contributed by atoms with Crippen LogP contribution in [0, 0.1) is 13.8 Å². The molecule has 0 amide bonds. The Morgan fingerprint density at radius 1 is 1.19 bits per heavy atom. The Morgan fingerprint density at radius 2 is 1.85 bits per heavy atom. The van der Waals surface area contributed by atoms with Crippen molar-refractivity contribution in [3.05, 3.63) is 52.3 Å². The van der Waals surface area contributed by atoms with Crippen molar-refractivity contribution in [2.75, 3.05) is 18.6 Å². The summed E-state index contributed by atoms with van der Waals surface area (Å²) in [4.78, 5) is 2.29. The summed E-state index contributed by atoms with van der Waals surface area (Å²) in [5.41, 5.74) is 5.96. The predicted molar refractivity (Wildman–Crippen MR) is 110 cm³/mol. The summed E-state index contributed by atoms with van der Waals surface area (Å²) in [6, 6.07) is 8.82. The molecule has 2 aromatic rings. The molecule has 3 rings (SSSR count). The third-order valence-electron chi connectivity index (χ3n) is 5.56. The van der Waals surface area contributed by atoms with Crippen molar-refractivity contribution in [2.24, 2.45) is 0 Å². The van der Waals surface area contributed by atoms with Crippen molar-refractivity contribution >= 4 is 9.84 Å². The van der Waals surface area contributed by atoms with E-state index in [1.54, 1.807) is 0 Å². The summed E-state index contributed by atoms with van der Waals surface area (Å²) >= 11 is 0. The number of sulfone groups is 1. The molecule has 1 aromatic carbocycles. The molecule has 1 fully saturated rings. The molecule has 2 heterocycles. The molecule has 0 aliphatic carbocycles. The minimum Gasteiger partial charge on any atom is -0.298 e. The first-order chi connectivity index (χ1) is 12.7. The first kappa shape index (κ1) is 20.1. The van der Waals surface area contributed by atoms with Crippen LogP contribution in [-0.2, 0) is 22.9 Å². The SMILES string of the molecule is Cc1nn([C@H]2CCS(=O)(=O)C2)c(C)c1CN(C)Cc1ccc(C(C)C)cc1. The fourth-order valence-corrected chi connectivity index (χ4v) is 5.59. The van der Waals surface area contributed by atoms with E-state index in [1.807, 2.05) is 11.6 Å². The highest BCUT2D eigenvalue weighted by Gasteiger charge is 2.31. The lowest BCUT2D eigenvalue weighted by atomic mass is 10.0. The fourth-order valence-electron chi connectivity index (χ4n) is 3.90. The van der Waals surface area contributed by atoms with Gasteiger partial charge in [0.2, 0.25) is 0 Å². The monoisotopic (exact) mass is 389 g/mol. The van der Waals surface area contributed by atoms with E-state index in [9.17, 15) is 8.42 Å². The Morgan fingerprint density at radius 3 is 2.41 bits per heavy atom.